The minimum atomic E-state index is -0.426. The molecule has 2 aliphatic rings. The largest absolute Gasteiger partial charge is 0.503 e. The van der Waals surface area contributed by atoms with Gasteiger partial charge in [-0.25, -0.2) is 0 Å². The van der Waals surface area contributed by atoms with Crippen molar-refractivity contribution < 1.29 is 14.6 Å². The van der Waals surface area contributed by atoms with Crippen molar-refractivity contribution in [1.29, 1.82) is 0 Å². The number of methoxy groups -OCH3 is 1. The Morgan fingerprint density at radius 1 is 1.34 bits per heavy atom. The van der Waals surface area contributed by atoms with Crippen LogP contribution in [0.1, 0.15) is 66.1 Å². The molecule has 3 N–H and O–H groups in total. The molecule has 4 rings (SSSR count). The molecule has 1 aromatic heterocycles. The zero-order valence-corrected chi connectivity index (χ0v) is 18.8. The fraction of sp³-hybridized carbons (Fsp3) is 0.500. The molecule has 29 heavy (non-hydrogen) atoms. The van der Waals surface area contributed by atoms with E-state index in [1.807, 2.05) is 0 Å². The van der Waals surface area contributed by atoms with Gasteiger partial charge in [-0.15, -0.1) is 11.3 Å². The Morgan fingerprint density at radius 3 is 2.79 bits per heavy atom. The van der Waals surface area contributed by atoms with E-state index in [1.165, 1.54) is 17.6 Å². The van der Waals surface area contributed by atoms with Crippen molar-refractivity contribution in [3.05, 3.63) is 38.7 Å². The van der Waals surface area contributed by atoms with Crippen molar-refractivity contribution >= 4 is 33.8 Å². The topological polar surface area (TPSA) is 70.6 Å². The van der Waals surface area contributed by atoms with E-state index in [0.29, 0.717) is 11.3 Å². The van der Waals surface area contributed by atoms with E-state index in [9.17, 15) is 9.90 Å². The Kier molecular flexibility index (Phi) is 5.20. The van der Waals surface area contributed by atoms with Crippen LogP contribution in [0.5, 0.6) is 11.5 Å². The van der Waals surface area contributed by atoms with Gasteiger partial charge in [-0.3, -0.25) is 4.79 Å². The van der Waals surface area contributed by atoms with E-state index in [4.69, 9.17) is 16.3 Å². The van der Waals surface area contributed by atoms with E-state index >= 15 is 0 Å². The smallest absolute Gasteiger partial charge is 0.256 e. The minimum absolute atomic E-state index is 0.0578. The van der Waals surface area contributed by atoms with Gasteiger partial charge in [-0.2, -0.15) is 0 Å². The number of phenols is 1. The van der Waals surface area contributed by atoms with Crippen LogP contribution in [0.2, 0.25) is 5.02 Å². The number of amides is 1. The number of carbonyl (C=O) groups excluding carboxylic acids is 1. The molecule has 0 unspecified atom stereocenters. The SMILES string of the molecule is CCC(C)(C)[C@@H]1CCc2c(sc3c2C(=O)N[C@H](c2cc(Cl)c(O)c(OC)c2)N3)C1. The first-order valence-corrected chi connectivity index (χ1v) is 11.2. The number of rotatable bonds is 4. The first-order valence-electron chi connectivity index (χ1n) is 10.0. The van der Waals surface area contributed by atoms with Gasteiger partial charge in [0.1, 0.15) is 11.2 Å². The molecule has 1 aliphatic heterocycles. The molecule has 0 fully saturated rings. The Labute approximate surface area is 180 Å². The van der Waals surface area contributed by atoms with Gasteiger partial charge in [-0.05, 0) is 53.9 Å². The number of nitrogens with one attached hydrogen (secondary N) is 2. The third-order valence-electron chi connectivity index (χ3n) is 6.66. The summed E-state index contributed by atoms with van der Waals surface area (Å²) in [6.45, 7) is 6.95. The fourth-order valence-electron chi connectivity index (χ4n) is 4.34. The molecule has 7 heteroatoms. The lowest BCUT2D eigenvalue weighted by molar-refractivity contribution is 0.0934. The molecule has 2 atom stereocenters. The molecule has 0 bridgehead atoms. The summed E-state index contributed by atoms with van der Waals surface area (Å²) in [6, 6.07) is 3.34. The number of hydrogen-bond donors (Lipinski definition) is 3. The van der Waals surface area contributed by atoms with Crippen molar-refractivity contribution in [3.8, 4) is 11.5 Å². The number of hydrogen-bond acceptors (Lipinski definition) is 5. The van der Waals surface area contributed by atoms with Crippen molar-refractivity contribution in [2.45, 2.75) is 52.6 Å². The van der Waals surface area contributed by atoms with E-state index in [1.54, 1.807) is 23.5 Å². The second-order valence-electron chi connectivity index (χ2n) is 8.59. The molecule has 0 spiro atoms. The van der Waals surface area contributed by atoms with Crippen LogP contribution < -0.4 is 15.4 Å². The van der Waals surface area contributed by atoms with Gasteiger partial charge in [0.05, 0.1) is 17.7 Å². The summed E-state index contributed by atoms with van der Waals surface area (Å²) in [5, 5.41) is 17.6. The molecule has 0 radical (unpaired) electrons. The number of fused-ring (bicyclic) bond motifs is 3. The Balaban J connectivity index is 1.65. The summed E-state index contributed by atoms with van der Waals surface area (Å²) in [5.74, 6) is 0.762. The summed E-state index contributed by atoms with van der Waals surface area (Å²) in [4.78, 5) is 14.3. The van der Waals surface area contributed by atoms with Crippen LogP contribution in [0.3, 0.4) is 0 Å². The predicted molar refractivity (Wildman–Crippen MR) is 117 cm³/mol. The third-order valence-corrected chi connectivity index (χ3v) is 8.14. The number of halogens is 1. The molecule has 2 heterocycles. The molecule has 1 amide bonds. The van der Waals surface area contributed by atoms with Gasteiger partial charge in [0.15, 0.2) is 11.5 Å². The maximum absolute atomic E-state index is 13.0. The van der Waals surface area contributed by atoms with Crippen LogP contribution in [0.25, 0.3) is 0 Å². The molecular formula is C22H27ClN2O3S. The Hall–Kier alpha value is -1.92. The highest BCUT2D eigenvalue weighted by atomic mass is 35.5. The molecular weight excluding hydrogens is 408 g/mol. The lowest BCUT2D eigenvalue weighted by Crippen LogP contribution is -2.38. The molecule has 2 aromatic rings. The van der Waals surface area contributed by atoms with Gasteiger partial charge in [0.2, 0.25) is 0 Å². The summed E-state index contributed by atoms with van der Waals surface area (Å²) < 4.78 is 5.20. The molecule has 0 saturated carbocycles. The number of phenolic OH excluding ortho intramolecular Hbond substituents is 1. The van der Waals surface area contributed by atoms with Crippen LogP contribution >= 0.6 is 22.9 Å². The maximum atomic E-state index is 13.0. The van der Waals surface area contributed by atoms with Gasteiger partial charge in [-0.1, -0.05) is 38.8 Å². The number of anilines is 1. The average Bonchev–Trinajstić information content (AvgIpc) is 3.07. The maximum Gasteiger partial charge on any atom is 0.256 e. The number of benzene rings is 1. The van der Waals surface area contributed by atoms with Crippen LogP contribution in [-0.2, 0) is 12.8 Å². The van der Waals surface area contributed by atoms with Crippen molar-refractivity contribution in [3.63, 3.8) is 0 Å². The summed E-state index contributed by atoms with van der Waals surface area (Å²) >= 11 is 7.84. The highest BCUT2D eigenvalue weighted by Crippen LogP contribution is 2.47. The first kappa shape index (κ1) is 20.4. The van der Waals surface area contributed by atoms with Crippen molar-refractivity contribution in [1.82, 2.24) is 5.32 Å². The average molecular weight is 435 g/mol. The van der Waals surface area contributed by atoms with Crippen molar-refractivity contribution in [2.24, 2.45) is 11.3 Å². The number of thiophene rings is 1. The Bertz CT molecular complexity index is 969. The van der Waals surface area contributed by atoms with Gasteiger partial charge < -0.3 is 20.5 Å². The van der Waals surface area contributed by atoms with Gasteiger partial charge in [0.25, 0.3) is 5.91 Å². The van der Waals surface area contributed by atoms with Crippen LogP contribution in [0, 0.1) is 11.3 Å². The second kappa shape index (κ2) is 7.40. The molecule has 156 valence electrons. The van der Waals surface area contributed by atoms with E-state index in [0.717, 1.165) is 41.8 Å². The highest BCUT2D eigenvalue weighted by Gasteiger charge is 2.37. The van der Waals surface area contributed by atoms with E-state index in [-0.39, 0.29) is 22.4 Å². The molecule has 1 aliphatic carbocycles. The lowest BCUT2D eigenvalue weighted by Gasteiger charge is -2.36. The highest BCUT2D eigenvalue weighted by molar-refractivity contribution is 7.16. The molecule has 0 saturated heterocycles. The van der Waals surface area contributed by atoms with E-state index in [2.05, 4.69) is 31.4 Å². The van der Waals surface area contributed by atoms with Crippen LogP contribution in [0.4, 0.5) is 5.00 Å². The predicted octanol–water partition coefficient (Wildman–Crippen LogP) is 5.51. The first-order chi connectivity index (χ1) is 13.7. The quantitative estimate of drug-likeness (QED) is 0.593. The van der Waals surface area contributed by atoms with Gasteiger partial charge in [0, 0.05) is 4.88 Å². The number of ether oxygens (including phenoxy) is 1. The zero-order valence-electron chi connectivity index (χ0n) is 17.2. The van der Waals surface area contributed by atoms with Crippen LogP contribution in [0.15, 0.2) is 12.1 Å². The fourth-order valence-corrected chi connectivity index (χ4v) is 5.91. The summed E-state index contributed by atoms with van der Waals surface area (Å²) in [6.07, 6.45) is 3.84. The summed E-state index contributed by atoms with van der Waals surface area (Å²) in [5.41, 5.74) is 3.04. The third kappa shape index (κ3) is 3.46. The van der Waals surface area contributed by atoms with E-state index < -0.39 is 6.17 Å². The normalized spacial score (nSPS) is 21.1. The molecule has 5 nitrogen and oxygen atoms in total. The number of carbonyl (C=O) groups is 1. The molecule has 1 aromatic carbocycles. The minimum Gasteiger partial charge on any atom is -0.503 e. The van der Waals surface area contributed by atoms with Crippen LogP contribution in [-0.4, -0.2) is 18.1 Å². The zero-order chi connectivity index (χ0) is 20.9. The Morgan fingerprint density at radius 2 is 2.10 bits per heavy atom. The summed E-state index contributed by atoms with van der Waals surface area (Å²) in [7, 11) is 1.47. The number of aromatic hydroxyl groups is 1. The monoisotopic (exact) mass is 434 g/mol. The second-order valence-corrected chi connectivity index (χ2v) is 10.1. The standard InChI is InChI=1S/C22H27ClN2O3S/c1-5-22(2,3)12-6-7-13-16(10-12)29-21-17(13)20(27)24-19(25-21)11-8-14(23)18(26)15(9-11)28-4/h8-9,12,19,25-26H,5-7,10H2,1-4H3,(H,24,27)/t12-,19+/m1/s1. The lowest BCUT2D eigenvalue weighted by atomic mass is 9.69. The van der Waals surface area contributed by atoms with Crippen molar-refractivity contribution in [2.75, 3.05) is 12.4 Å². The van der Waals surface area contributed by atoms with Gasteiger partial charge >= 0.3 is 0 Å².